The summed E-state index contributed by atoms with van der Waals surface area (Å²) in [6.07, 6.45) is 5.03. The number of esters is 2. The average molecular weight is 292 g/mol. The van der Waals surface area contributed by atoms with Crippen LogP contribution in [0.2, 0.25) is 0 Å². The molecule has 1 fully saturated rings. The number of carbonyl (C=O) groups excluding carboxylic acids is 2. The molecule has 1 aromatic rings. The summed E-state index contributed by atoms with van der Waals surface area (Å²) in [4.78, 5) is 29.3. The molecule has 0 bridgehead atoms. The van der Waals surface area contributed by atoms with E-state index in [0.717, 1.165) is 31.5 Å². The summed E-state index contributed by atoms with van der Waals surface area (Å²) in [5, 5.41) is 0. The van der Waals surface area contributed by atoms with Gasteiger partial charge in [0, 0.05) is 24.5 Å². The summed E-state index contributed by atoms with van der Waals surface area (Å²) in [5.41, 5.74) is 1.16. The van der Waals surface area contributed by atoms with E-state index in [1.54, 1.807) is 12.3 Å². The minimum absolute atomic E-state index is 0.0964. The Hall–Kier alpha value is -2.11. The monoisotopic (exact) mass is 292 g/mol. The van der Waals surface area contributed by atoms with Crippen LogP contribution in [0.1, 0.15) is 36.2 Å². The molecular formula is C15H20N2O4. The number of anilines is 1. The van der Waals surface area contributed by atoms with Crippen molar-refractivity contribution in [2.75, 3.05) is 25.7 Å². The molecular weight excluding hydrogens is 272 g/mol. The fourth-order valence-electron chi connectivity index (χ4n) is 2.64. The first-order chi connectivity index (χ1) is 10.2. The molecule has 0 spiro atoms. The van der Waals surface area contributed by atoms with Crippen LogP contribution in [0, 0.1) is 0 Å². The number of piperidine rings is 1. The third-order valence-electron chi connectivity index (χ3n) is 3.73. The van der Waals surface area contributed by atoms with Crippen LogP contribution in [-0.2, 0) is 14.3 Å². The van der Waals surface area contributed by atoms with Crippen LogP contribution in [0.5, 0.6) is 0 Å². The molecule has 0 amide bonds. The Kier molecular flexibility index (Phi) is 5.14. The molecule has 1 atom stereocenters. The first kappa shape index (κ1) is 15.3. The van der Waals surface area contributed by atoms with Crippen molar-refractivity contribution in [2.24, 2.45) is 0 Å². The molecule has 0 radical (unpaired) electrons. The molecule has 6 heteroatoms. The Bertz CT molecular complexity index is 518. The predicted molar refractivity (Wildman–Crippen MR) is 77.2 cm³/mol. The van der Waals surface area contributed by atoms with Gasteiger partial charge in [-0.3, -0.25) is 4.79 Å². The van der Waals surface area contributed by atoms with Crippen LogP contribution in [-0.4, -0.2) is 43.7 Å². The Labute approximate surface area is 124 Å². The molecule has 114 valence electrons. The highest BCUT2D eigenvalue weighted by Gasteiger charge is 2.26. The highest BCUT2D eigenvalue weighted by molar-refractivity contribution is 5.88. The lowest BCUT2D eigenvalue weighted by atomic mass is 9.98. The molecule has 0 saturated carbocycles. The number of methoxy groups -OCH3 is 2. The van der Waals surface area contributed by atoms with E-state index in [1.165, 1.54) is 14.2 Å². The van der Waals surface area contributed by atoms with Crippen molar-refractivity contribution < 1.29 is 19.1 Å². The summed E-state index contributed by atoms with van der Waals surface area (Å²) >= 11 is 0. The molecule has 2 heterocycles. The smallest absolute Gasteiger partial charge is 0.356 e. The third-order valence-corrected chi connectivity index (χ3v) is 3.73. The van der Waals surface area contributed by atoms with Crippen LogP contribution in [0.15, 0.2) is 18.3 Å². The van der Waals surface area contributed by atoms with Gasteiger partial charge in [0.2, 0.25) is 0 Å². The first-order valence-corrected chi connectivity index (χ1v) is 7.03. The van der Waals surface area contributed by atoms with E-state index in [2.05, 4.69) is 9.88 Å². The number of rotatable bonds is 4. The second-order valence-corrected chi connectivity index (χ2v) is 5.01. The molecule has 1 aromatic heterocycles. The number of pyridine rings is 1. The zero-order valence-electron chi connectivity index (χ0n) is 12.4. The Morgan fingerprint density at radius 3 is 2.86 bits per heavy atom. The van der Waals surface area contributed by atoms with Gasteiger partial charge in [-0.25, -0.2) is 9.78 Å². The van der Waals surface area contributed by atoms with Crippen molar-refractivity contribution in [3.63, 3.8) is 0 Å². The van der Waals surface area contributed by atoms with Gasteiger partial charge in [-0.05, 0) is 31.4 Å². The molecule has 21 heavy (non-hydrogen) atoms. The third kappa shape index (κ3) is 3.71. The van der Waals surface area contributed by atoms with Gasteiger partial charge in [-0.1, -0.05) is 0 Å². The number of ether oxygens (including phenoxy) is 2. The Morgan fingerprint density at radius 2 is 2.14 bits per heavy atom. The summed E-state index contributed by atoms with van der Waals surface area (Å²) < 4.78 is 9.46. The van der Waals surface area contributed by atoms with Crippen molar-refractivity contribution in [3.8, 4) is 0 Å². The predicted octanol–water partition coefficient (Wildman–Crippen LogP) is 1.79. The topological polar surface area (TPSA) is 68.7 Å². The lowest BCUT2D eigenvalue weighted by Crippen LogP contribution is -2.41. The number of nitrogens with zero attached hydrogens (tertiary/aromatic N) is 2. The van der Waals surface area contributed by atoms with Gasteiger partial charge in [0.1, 0.15) is 5.69 Å². The van der Waals surface area contributed by atoms with Crippen LogP contribution in [0.3, 0.4) is 0 Å². The SMILES string of the molecule is COC(=O)CC1CCCCN1c1ccnc(C(=O)OC)c1. The lowest BCUT2D eigenvalue weighted by molar-refractivity contribution is -0.141. The van der Waals surface area contributed by atoms with Crippen LogP contribution in [0.4, 0.5) is 5.69 Å². The maximum absolute atomic E-state index is 11.6. The fourth-order valence-corrected chi connectivity index (χ4v) is 2.64. The van der Waals surface area contributed by atoms with E-state index in [0.29, 0.717) is 6.42 Å². The summed E-state index contributed by atoms with van der Waals surface area (Å²) in [6.45, 7) is 0.853. The highest BCUT2D eigenvalue weighted by Crippen LogP contribution is 2.27. The normalized spacial score (nSPS) is 18.2. The maximum atomic E-state index is 11.6. The summed E-state index contributed by atoms with van der Waals surface area (Å²) in [7, 11) is 2.73. The quantitative estimate of drug-likeness (QED) is 0.788. The highest BCUT2D eigenvalue weighted by atomic mass is 16.5. The van der Waals surface area contributed by atoms with Crippen LogP contribution >= 0.6 is 0 Å². The van der Waals surface area contributed by atoms with Gasteiger partial charge in [0.05, 0.1) is 20.6 Å². The van der Waals surface area contributed by atoms with Gasteiger partial charge in [0.15, 0.2) is 0 Å². The molecule has 1 aliphatic rings. The second-order valence-electron chi connectivity index (χ2n) is 5.01. The minimum Gasteiger partial charge on any atom is -0.469 e. The van der Waals surface area contributed by atoms with Gasteiger partial charge < -0.3 is 14.4 Å². The van der Waals surface area contributed by atoms with Crippen molar-refractivity contribution in [1.29, 1.82) is 0 Å². The molecule has 1 saturated heterocycles. The largest absolute Gasteiger partial charge is 0.469 e. The average Bonchev–Trinajstić information content (AvgIpc) is 2.54. The molecule has 0 aromatic carbocycles. The van der Waals surface area contributed by atoms with E-state index in [1.807, 2.05) is 6.07 Å². The Morgan fingerprint density at radius 1 is 1.33 bits per heavy atom. The van der Waals surface area contributed by atoms with E-state index in [4.69, 9.17) is 9.47 Å². The standard InChI is InChI=1S/C15H20N2O4/c1-20-14(18)10-11-5-3-4-8-17(11)12-6-7-16-13(9-12)15(19)21-2/h6-7,9,11H,3-5,8,10H2,1-2H3. The van der Waals surface area contributed by atoms with Crippen molar-refractivity contribution in [1.82, 2.24) is 4.98 Å². The van der Waals surface area contributed by atoms with Crippen LogP contribution in [0.25, 0.3) is 0 Å². The zero-order chi connectivity index (χ0) is 15.2. The molecule has 0 N–H and O–H groups in total. The van der Waals surface area contributed by atoms with E-state index in [9.17, 15) is 9.59 Å². The van der Waals surface area contributed by atoms with Crippen molar-refractivity contribution in [2.45, 2.75) is 31.7 Å². The number of carbonyl (C=O) groups is 2. The molecule has 6 nitrogen and oxygen atoms in total. The molecule has 1 aliphatic heterocycles. The van der Waals surface area contributed by atoms with E-state index in [-0.39, 0.29) is 17.7 Å². The van der Waals surface area contributed by atoms with Gasteiger partial charge in [-0.15, -0.1) is 0 Å². The van der Waals surface area contributed by atoms with E-state index >= 15 is 0 Å². The lowest BCUT2D eigenvalue weighted by Gasteiger charge is -2.37. The zero-order valence-corrected chi connectivity index (χ0v) is 12.4. The Balaban J connectivity index is 2.20. The number of hydrogen-bond acceptors (Lipinski definition) is 6. The van der Waals surface area contributed by atoms with Gasteiger partial charge in [0.25, 0.3) is 0 Å². The van der Waals surface area contributed by atoms with Crippen molar-refractivity contribution >= 4 is 17.6 Å². The molecule has 2 rings (SSSR count). The van der Waals surface area contributed by atoms with Crippen molar-refractivity contribution in [3.05, 3.63) is 24.0 Å². The number of aromatic nitrogens is 1. The molecule has 1 unspecified atom stereocenters. The summed E-state index contributed by atoms with van der Waals surface area (Å²) in [5.74, 6) is -0.674. The molecule has 0 aliphatic carbocycles. The van der Waals surface area contributed by atoms with Gasteiger partial charge in [-0.2, -0.15) is 0 Å². The first-order valence-electron chi connectivity index (χ1n) is 7.03. The van der Waals surface area contributed by atoms with Gasteiger partial charge >= 0.3 is 11.9 Å². The second kappa shape index (κ2) is 7.06. The van der Waals surface area contributed by atoms with E-state index < -0.39 is 5.97 Å². The fraction of sp³-hybridized carbons (Fsp3) is 0.533. The summed E-state index contributed by atoms with van der Waals surface area (Å²) in [6, 6.07) is 3.66. The van der Waals surface area contributed by atoms with Crippen LogP contribution < -0.4 is 4.90 Å². The maximum Gasteiger partial charge on any atom is 0.356 e. The minimum atomic E-state index is -0.460. The number of hydrogen-bond donors (Lipinski definition) is 0.